The normalized spacial score (nSPS) is 32.0. The second-order valence-electron chi connectivity index (χ2n) is 12.2. The van der Waals surface area contributed by atoms with Crippen molar-refractivity contribution in [1.82, 2.24) is 14.7 Å². The Balaban J connectivity index is 2.18. The van der Waals surface area contributed by atoms with Crippen molar-refractivity contribution >= 4 is 29.5 Å². The average molecular weight is 520 g/mol. The molecular weight excluding hydrogens is 474 g/mol. The molecule has 7 atom stereocenters. The van der Waals surface area contributed by atoms with E-state index in [0.717, 1.165) is 6.42 Å². The number of carbonyl (C=O) groups is 3. The first-order valence-corrected chi connectivity index (χ1v) is 14.0. The van der Waals surface area contributed by atoms with Crippen molar-refractivity contribution in [3.05, 3.63) is 25.3 Å². The van der Waals surface area contributed by atoms with Gasteiger partial charge >= 0.3 is 0 Å². The molecule has 3 aliphatic heterocycles. The molecule has 0 saturated carbocycles. The molecule has 2 bridgehead atoms. The Labute approximate surface area is 221 Å². The number of thioether (sulfide) groups is 1. The number of hydrogen-bond acceptors (Lipinski definition) is 5. The van der Waals surface area contributed by atoms with Crippen LogP contribution in [0.15, 0.2) is 25.3 Å². The molecule has 3 amide bonds. The fraction of sp³-hybridized carbons (Fsp3) is 0.750. The van der Waals surface area contributed by atoms with Gasteiger partial charge in [-0.15, -0.1) is 24.9 Å². The minimum absolute atomic E-state index is 0.00803. The number of carbonyl (C=O) groups excluding carboxylic acids is 3. The third-order valence-corrected chi connectivity index (χ3v) is 10.3. The molecule has 3 rings (SSSR count). The van der Waals surface area contributed by atoms with Gasteiger partial charge in [-0.2, -0.15) is 0 Å². The Morgan fingerprint density at radius 2 is 1.83 bits per heavy atom. The number of likely N-dealkylation sites (N-methyl/N-ethyl adjacent to an activating group) is 1. The molecule has 3 heterocycles. The van der Waals surface area contributed by atoms with Crippen molar-refractivity contribution < 1.29 is 19.5 Å². The van der Waals surface area contributed by atoms with E-state index in [1.165, 1.54) is 0 Å². The molecule has 7 nitrogen and oxygen atoms in total. The van der Waals surface area contributed by atoms with E-state index < -0.39 is 34.2 Å². The predicted molar refractivity (Wildman–Crippen MR) is 145 cm³/mol. The highest BCUT2D eigenvalue weighted by Gasteiger charge is 2.77. The van der Waals surface area contributed by atoms with Gasteiger partial charge < -0.3 is 19.8 Å². The molecule has 0 aliphatic carbocycles. The smallest absolute Gasteiger partial charge is 0.247 e. The number of likely N-dealkylation sites (tertiary alicyclic amines) is 1. The van der Waals surface area contributed by atoms with Crippen LogP contribution in [-0.2, 0) is 14.4 Å². The quantitative estimate of drug-likeness (QED) is 0.449. The van der Waals surface area contributed by atoms with Crippen LogP contribution in [0.4, 0.5) is 0 Å². The Bertz CT molecular complexity index is 900. The number of rotatable bonds is 10. The van der Waals surface area contributed by atoms with Gasteiger partial charge in [-0.05, 0) is 45.4 Å². The van der Waals surface area contributed by atoms with Crippen LogP contribution < -0.4 is 0 Å². The SMILES string of the molecule is C=CCN(C)C(=O)[C@@H]1[C@H]2C(=O)N([C@@H](CO)CC(C)C)C(C(=O)N(CC=C)C(C)(C)C)C23S[C@@H]1CC3C. The highest BCUT2D eigenvalue weighted by molar-refractivity contribution is 8.02. The molecule has 3 unspecified atom stereocenters. The highest BCUT2D eigenvalue weighted by atomic mass is 32.2. The van der Waals surface area contributed by atoms with Crippen LogP contribution in [0.25, 0.3) is 0 Å². The summed E-state index contributed by atoms with van der Waals surface area (Å²) in [5.74, 6) is -1.09. The molecule has 0 radical (unpaired) electrons. The summed E-state index contributed by atoms with van der Waals surface area (Å²) in [6.45, 7) is 20.4. The van der Waals surface area contributed by atoms with Crippen LogP contribution >= 0.6 is 11.8 Å². The van der Waals surface area contributed by atoms with E-state index in [4.69, 9.17) is 0 Å². The largest absolute Gasteiger partial charge is 0.394 e. The monoisotopic (exact) mass is 519 g/mol. The van der Waals surface area contributed by atoms with E-state index in [9.17, 15) is 19.5 Å². The van der Waals surface area contributed by atoms with Gasteiger partial charge in [0.25, 0.3) is 0 Å². The fourth-order valence-electron chi connectivity index (χ4n) is 6.74. The maximum absolute atomic E-state index is 14.5. The van der Waals surface area contributed by atoms with Crippen molar-refractivity contribution in [3.63, 3.8) is 0 Å². The lowest BCUT2D eigenvalue weighted by atomic mass is 9.65. The van der Waals surface area contributed by atoms with Crippen molar-refractivity contribution in [2.24, 2.45) is 23.7 Å². The molecule has 1 spiro atoms. The van der Waals surface area contributed by atoms with Gasteiger partial charge in [0.15, 0.2) is 0 Å². The highest BCUT2D eigenvalue weighted by Crippen LogP contribution is 2.69. The number of fused-ring (bicyclic) bond motifs is 1. The molecule has 8 heteroatoms. The first kappa shape index (κ1) is 28.8. The second-order valence-corrected chi connectivity index (χ2v) is 13.7. The summed E-state index contributed by atoms with van der Waals surface area (Å²) in [7, 11) is 1.75. The molecule has 1 N–H and O–H groups in total. The van der Waals surface area contributed by atoms with Gasteiger partial charge in [0.2, 0.25) is 17.7 Å². The van der Waals surface area contributed by atoms with Crippen molar-refractivity contribution in [3.8, 4) is 0 Å². The Morgan fingerprint density at radius 1 is 1.22 bits per heavy atom. The topological polar surface area (TPSA) is 81.2 Å². The third kappa shape index (κ3) is 4.53. The van der Waals surface area contributed by atoms with Gasteiger partial charge in [0, 0.05) is 30.9 Å². The molecular formula is C28H45N3O4S. The zero-order valence-electron chi connectivity index (χ0n) is 23.1. The molecule has 3 aliphatic rings. The molecule has 202 valence electrons. The number of amides is 3. The molecule has 3 saturated heterocycles. The van der Waals surface area contributed by atoms with Crippen molar-refractivity contribution in [2.75, 3.05) is 26.7 Å². The molecule has 36 heavy (non-hydrogen) atoms. The minimum atomic E-state index is -0.738. The second kappa shape index (κ2) is 10.5. The van der Waals surface area contributed by atoms with Gasteiger partial charge in [0.1, 0.15) is 6.04 Å². The van der Waals surface area contributed by atoms with E-state index in [-0.39, 0.29) is 41.4 Å². The minimum Gasteiger partial charge on any atom is -0.394 e. The summed E-state index contributed by atoms with van der Waals surface area (Å²) in [5.41, 5.74) is -0.481. The summed E-state index contributed by atoms with van der Waals surface area (Å²) in [5, 5.41) is 10.4. The fourth-order valence-corrected chi connectivity index (χ4v) is 9.14. The Kier molecular flexibility index (Phi) is 8.41. The lowest BCUT2D eigenvalue weighted by molar-refractivity contribution is -0.149. The summed E-state index contributed by atoms with van der Waals surface area (Å²) in [6.07, 6.45) is 4.78. The maximum Gasteiger partial charge on any atom is 0.247 e. The van der Waals surface area contributed by atoms with Crippen LogP contribution in [-0.4, -0.2) is 91.9 Å². The lowest BCUT2D eigenvalue weighted by Gasteiger charge is -2.45. The van der Waals surface area contributed by atoms with E-state index in [0.29, 0.717) is 19.5 Å². The predicted octanol–water partition coefficient (Wildman–Crippen LogP) is 3.19. The summed E-state index contributed by atoms with van der Waals surface area (Å²) in [4.78, 5) is 47.6. The Hall–Kier alpha value is -1.80. The van der Waals surface area contributed by atoms with E-state index in [2.05, 4.69) is 33.9 Å². The zero-order chi connectivity index (χ0) is 27.2. The summed E-state index contributed by atoms with van der Waals surface area (Å²) >= 11 is 1.68. The standard InChI is InChI=1S/C28H45N3O4S/c1-10-12-29(9)24(33)21-20-15-18(5)28(36-20)22(21)25(34)31(19(16-32)14-17(3)4)23(28)26(35)30(13-11-2)27(6,7)8/h10-11,17-23,32H,1-2,12-16H2,3-9H3/t18?,19-,20-,21+,22+,23?,28?/m1/s1. The summed E-state index contributed by atoms with van der Waals surface area (Å²) < 4.78 is -0.705. The average Bonchev–Trinajstić information content (AvgIpc) is 3.38. The maximum atomic E-state index is 14.5. The van der Waals surface area contributed by atoms with Crippen LogP contribution in [0, 0.1) is 23.7 Å². The number of aliphatic hydroxyl groups is 1. The van der Waals surface area contributed by atoms with Crippen LogP contribution in [0.1, 0.15) is 54.4 Å². The molecule has 0 aromatic rings. The molecule has 3 fully saturated rings. The van der Waals surface area contributed by atoms with Gasteiger partial charge in [-0.1, -0.05) is 32.9 Å². The van der Waals surface area contributed by atoms with Gasteiger partial charge in [-0.25, -0.2) is 0 Å². The van der Waals surface area contributed by atoms with Gasteiger partial charge in [0.05, 0.1) is 29.2 Å². The number of aliphatic hydroxyl groups excluding tert-OH is 1. The number of hydrogen-bond donors (Lipinski definition) is 1. The van der Waals surface area contributed by atoms with Gasteiger partial charge in [-0.3, -0.25) is 14.4 Å². The molecule has 0 aromatic heterocycles. The van der Waals surface area contributed by atoms with Crippen molar-refractivity contribution in [2.45, 2.75) is 82.0 Å². The van der Waals surface area contributed by atoms with E-state index >= 15 is 0 Å². The first-order valence-electron chi connectivity index (χ1n) is 13.2. The molecule has 0 aromatic carbocycles. The third-order valence-electron chi connectivity index (χ3n) is 8.22. The Morgan fingerprint density at radius 3 is 2.33 bits per heavy atom. The number of nitrogens with zero attached hydrogens (tertiary/aromatic N) is 3. The van der Waals surface area contributed by atoms with Crippen LogP contribution in [0.2, 0.25) is 0 Å². The van der Waals surface area contributed by atoms with Crippen LogP contribution in [0.3, 0.4) is 0 Å². The van der Waals surface area contributed by atoms with E-state index in [1.807, 2.05) is 20.8 Å². The zero-order valence-corrected chi connectivity index (χ0v) is 23.9. The first-order chi connectivity index (χ1) is 16.8. The van der Waals surface area contributed by atoms with Crippen LogP contribution in [0.5, 0.6) is 0 Å². The lowest BCUT2D eigenvalue weighted by Crippen LogP contribution is -2.62. The van der Waals surface area contributed by atoms with Crippen molar-refractivity contribution in [1.29, 1.82) is 0 Å². The summed E-state index contributed by atoms with van der Waals surface area (Å²) in [6, 6.07) is -1.22. The van der Waals surface area contributed by atoms with E-state index in [1.54, 1.807) is 45.7 Å².